The SMILES string of the molecule is COc1ccc(C[C@@H](C=O)NC(=O)[C@@H](NC(=O)[C@H](Cc2ccc(OC)cc2)NC(=O)CC(C)C)C(C)C)cc1. The van der Waals surface area contributed by atoms with Crippen molar-refractivity contribution in [3.63, 3.8) is 0 Å². The Morgan fingerprint density at radius 1 is 0.744 bits per heavy atom. The molecule has 3 N–H and O–H groups in total. The van der Waals surface area contributed by atoms with Gasteiger partial charge in [-0.05, 0) is 53.6 Å². The van der Waals surface area contributed by atoms with Gasteiger partial charge in [0, 0.05) is 12.8 Å². The van der Waals surface area contributed by atoms with E-state index in [0.717, 1.165) is 11.1 Å². The number of aldehydes is 1. The van der Waals surface area contributed by atoms with Crippen LogP contribution in [0.2, 0.25) is 0 Å². The van der Waals surface area contributed by atoms with Gasteiger partial charge in [-0.2, -0.15) is 0 Å². The lowest BCUT2D eigenvalue weighted by atomic mass is 9.99. The number of ether oxygens (including phenoxy) is 2. The van der Waals surface area contributed by atoms with Crippen molar-refractivity contribution in [1.29, 1.82) is 0 Å². The van der Waals surface area contributed by atoms with Gasteiger partial charge in [0.2, 0.25) is 17.7 Å². The third-order valence-electron chi connectivity index (χ3n) is 6.20. The topological polar surface area (TPSA) is 123 Å². The van der Waals surface area contributed by atoms with Crippen molar-refractivity contribution in [2.75, 3.05) is 14.2 Å². The molecule has 0 spiro atoms. The van der Waals surface area contributed by atoms with E-state index in [4.69, 9.17) is 9.47 Å². The van der Waals surface area contributed by atoms with Crippen LogP contribution in [0, 0.1) is 11.8 Å². The molecule has 0 saturated heterocycles. The van der Waals surface area contributed by atoms with E-state index in [1.165, 1.54) is 0 Å². The Balaban J connectivity index is 2.14. The van der Waals surface area contributed by atoms with E-state index in [2.05, 4.69) is 16.0 Å². The summed E-state index contributed by atoms with van der Waals surface area (Å²) in [6, 6.07) is 11.9. The van der Waals surface area contributed by atoms with Crippen LogP contribution in [0.1, 0.15) is 45.2 Å². The zero-order valence-corrected chi connectivity index (χ0v) is 23.7. The zero-order valence-electron chi connectivity index (χ0n) is 23.7. The van der Waals surface area contributed by atoms with Crippen LogP contribution in [0.25, 0.3) is 0 Å². The van der Waals surface area contributed by atoms with Gasteiger partial charge in [-0.1, -0.05) is 52.0 Å². The Kier molecular flexibility index (Phi) is 12.5. The van der Waals surface area contributed by atoms with Crippen molar-refractivity contribution in [2.45, 2.75) is 65.1 Å². The van der Waals surface area contributed by atoms with Gasteiger partial charge in [0.1, 0.15) is 29.9 Å². The lowest BCUT2D eigenvalue weighted by molar-refractivity contribution is -0.133. The fourth-order valence-electron chi connectivity index (χ4n) is 4.04. The predicted molar refractivity (Wildman–Crippen MR) is 150 cm³/mol. The van der Waals surface area contributed by atoms with Crippen LogP contribution < -0.4 is 25.4 Å². The highest BCUT2D eigenvalue weighted by atomic mass is 16.5. The minimum atomic E-state index is -0.906. The summed E-state index contributed by atoms with van der Waals surface area (Å²) in [5.74, 6) is 0.0299. The van der Waals surface area contributed by atoms with Crippen molar-refractivity contribution < 1.29 is 28.7 Å². The fraction of sp³-hybridized carbons (Fsp3) is 0.467. The molecule has 0 aliphatic carbocycles. The second-order valence-electron chi connectivity index (χ2n) is 10.3. The van der Waals surface area contributed by atoms with Crippen molar-refractivity contribution >= 4 is 24.0 Å². The van der Waals surface area contributed by atoms with Gasteiger partial charge in [0.25, 0.3) is 0 Å². The maximum absolute atomic E-state index is 13.4. The van der Waals surface area contributed by atoms with E-state index in [1.807, 2.05) is 38.1 Å². The first-order valence-corrected chi connectivity index (χ1v) is 13.2. The molecule has 0 aliphatic heterocycles. The van der Waals surface area contributed by atoms with Gasteiger partial charge in [-0.25, -0.2) is 0 Å². The predicted octanol–water partition coefficient (Wildman–Crippen LogP) is 2.84. The second kappa shape index (κ2) is 15.5. The number of hydrogen-bond acceptors (Lipinski definition) is 6. The van der Waals surface area contributed by atoms with E-state index >= 15 is 0 Å². The highest BCUT2D eigenvalue weighted by Gasteiger charge is 2.30. The largest absolute Gasteiger partial charge is 0.497 e. The molecule has 0 fully saturated rings. The Hall–Kier alpha value is -3.88. The van der Waals surface area contributed by atoms with Gasteiger partial charge in [0.15, 0.2) is 0 Å². The maximum Gasteiger partial charge on any atom is 0.243 e. The van der Waals surface area contributed by atoms with E-state index in [9.17, 15) is 19.2 Å². The van der Waals surface area contributed by atoms with Crippen LogP contribution in [0.5, 0.6) is 11.5 Å². The monoisotopic (exact) mass is 539 g/mol. The highest BCUT2D eigenvalue weighted by molar-refractivity contribution is 5.93. The van der Waals surface area contributed by atoms with Crippen LogP contribution in [0.3, 0.4) is 0 Å². The van der Waals surface area contributed by atoms with Crippen LogP contribution in [-0.2, 0) is 32.0 Å². The van der Waals surface area contributed by atoms with Crippen LogP contribution >= 0.6 is 0 Å². The Bertz CT molecular complexity index is 1080. The smallest absolute Gasteiger partial charge is 0.243 e. The molecule has 2 aromatic carbocycles. The number of carbonyl (C=O) groups excluding carboxylic acids is 4. The number of amides is 3. The molecular formula is C30H41N3O6. The van der Waals surface area contributed by atoms with Crippen molar-refractivity contribution in [3.8, 4) is 11.5 Å². The van der Waals surface area contributed by atoms with Crippen LogP contribution in [0.4, 0.5) is 0 Å². The molecule has 0 saturated carbocycles. The summed E-state index contributed by atoms with van der Waals surface area (Å²) in [5, 5.41) is 8.37. The zero-order chi connectivity index (χ0) is 28.9. The van der Waals surface area contributed by atoms with Gasteiger partial charge >= 0.3 is 0 Å². The Labute approximate surface area is 231 Å². The number of carbonyl (C=O) groups is 4. The molecule has 0 bridgehead atoms. The summed E-state index contributed by atoms with van der Waals surface area (Å²) >= 11 is 0. The van der Waals surface area contributed by atoms with Gasteiger partial charge in [-0.15, -0.1) is 0 Å². The minimum absolute atomic E-state index is 0.120. The van der Waals surface area contributed by atoms with Crippen molar-refractivity contribution in [2.24, 2.45) is 11.8 Å². The van der Waals surface area contributed by atoms with Crippen molar-refractivity contribution in [1.82, 2.24) is 16.0 Å². The van der Waals surface area contributed by atoms with Crippen LogP contribution in [-0.4, -0.2) is 56.4 Å². The molecular weight excluding hydrogens is 498 g/mol. The highest BCUT2D eigenvalue weighted by Crippen LogP contribution is 2.15. The fourth-order valence-corrected chi connectivity index (χ4v) is 4.04. The summed E-state index contributed by atoms with van der Waals surface area (Å²) < 4.78 is 10.4. The summed E-state index contributed by atoms with van der Waals surface area (Å²) in [5.41, 5.74) is 1.68. The number of methoxy groups -OCH3 is 2. The summed E-state index contributed by atoms with van der Waals surface area (Å²) in [7, 11) is 3.14. The molecule has 0 aliphatic rings. The Morgan fingerprint density at radius 3 is 1.69 bits per heavy atom. The first-order valence-electron chi connectivity index (χ1n) is 13.2. The molecule has 2 aromatic rings. The molecule has 9 heteroatoms. The molecule has 0 heterocycles. The average molecular weight is 540 g/mol. The van der Waals surface area contributed by atoms with Crippen LogP contribution in [0.15, 0.2) is 48.5 Å². The minimum Gasteiger partial charge on any atom is -0.497 e. The standard InChI is InChI=1S/C30H41N3O6/c1-19(2)15-27(35)32-26(17-22-9-13-25(39-6)14-10-22)29(36)33-28(20(3)4)30(37)31-23(18-34)16-21-7-11-24(38-5)12-8-21/h7-14,18-20,23,26,28H,15-17H2,1-6H3,(H,31,37)(H,32,35)(H,33,36)/t23-,26-,28-/m0/s1. The molecule has 0 aromatic heterocycles. The summed E-state index contributed by atoms with van der Waals surface area (Å²) in [4.78, 5) is 50.9. The molecule has 0 radical (unpaired) electrons. The third kappa shape index (κ3) is 10.4. The number of benzene rings is 2. The lowest BCUT2D eigenvalue weighted by Gasteiger charge is -2.26. The average Bonchev–Trinajstić information content (AvgIpc) is 2.90. The number of nitrogens with one attached hydrogen (secondary N) is 3. The lowest BCUT2D eigenvalue weighted by Crippen LogP contribution is -2.57. The second-order valence-corrected chi connectivity index (χ2v) is 10.3. The molecule has 3 amide bonds. The number of rotatable bonds is 15. The van der Waals surface area contributed by atoms with Gasteiger partial charge < -0.3 is 30.2 Å². The number of hydrogen-bond donors (Lipinski definition) is 3. The Morgan fingerprint density at radius 2 is 1.26 bits per heavy atom. The molecule has 0 unspecified atom stereocenters. The summed E-state index contributed by atoms with van der Waals surface area (Å²) in [6.07, 6.45) is 1.48. The third-order valence-corrected chi connectivity index (χ3v) is 6.20. The van der Waals surface area contributed by atoms with E-state index in [0.29, 0.717) is 24.2 Å². The van der Waals surface area contributed by atoms with E-state index in [-0.39, 0.29) is 30.6 Å². The summed E-state index contributed by atoms with van der Waals surface area (Å²) in [6.45, 7) is 7.46. The van der Waals surface area contributed by atoms with Gasteiger partial charge in [-0.3, -0.25) is 14.4 Å². The quantitative estimate of drug-likeness (QED) is 0.299. The molecule has 39 heavy (non-hydrogen) atoms. The first-order chi connectivity index (χ1) is 18.6. The molecule has 9 nitrogen and oxygen atoms in total. The molecule has 212 valence electrons. The van der Waals surface area contributed by atoms with E-state index < -0.39 is 29.9 Å². The maximum atomic E-state index is 13.4. The first kappa shape index (κ1) is 31.3. The molecule has 2 rings (SSSR count). The molecule has 3 atom stereocenters. The van der Waals surface area contributed by atoms with Crippen molar-refractivity contribution in [3.05, 3.63) is 59.7 Å². The van der Waals surface area contributed by atoms with E-state index in [1.54, 1.807) is 52.3 Å². The van der Waals surface area contributed by atoms with Gasteiger partial charge in [0.05, 0.1) is 20.3 Å². The normalized spacial score (nSPS) is 13.2.